The number of aromatic carboxylic acids is 1. The zero-order chi connectivity index (χ0) is 19.6. The van der Waals surface area contributed by atoms with Crippen LogP contribution in [0.25, 0.3) is 0 Å². The maximum Gasteiger partial charge on any atom is 0.265 e. The Morgan fingerprint density at radius 2 is 2.07 bits per heavy atom. The van der Waals surface area contributed by atoms with Crippen LogP contribution in [0.15, 0.2) is 40.6 Å². The van der Waals surface area contributed by atoms with Crippen molar-refractivity contribution in [3.05, 3.63) is 46.2 Å². The molecule has 0 radical (unpaired) electrons. The van der Waals surface area contributed by atoms with Crippen LogP contribution in [0.3, 0.4) is 0 Å². The molecule has 0 aliphatic carbocycles. The monoisotopic (exact) mass is 407 g/mol. The Labute approximate surface area is 161 Å². The normalized spacial score (nSPS) is 18.2. The molecule has 1 aromatic heterocycles. The SMILES string of the molecule is C[C@@H]1CCCN(S(=O)(=O)c2csc(C(=O)Nc3cccc(C(=O)[O-])c3)c2)C1. The van der Waals surface area contributed by atoms with Gasteiger partial charge in [0, 0.05) is 24.2 Å². The molecule has 0 spiro atoms. The number of carbonyl (C=O) groups is 2. The van der Waals surface area contributed by atoms with E-state index in [1.54, 1.807) is 6.07 Å². The van der Waals surface area contributed by atoms with Crippen molar-refractivity contribution in [2.24, 2.45) is 5.92 Å². The Morgan fingerprint density at radius 3 is 2.78 bits per heavy atom. The Kier molecular flexibility index (Phi) is 5.64. The van der Waals surface area contributed by atoms with Gasteiger partial charge in [-0.3, -0.25) is 4.79 Å². The highest BCUT2D eigenvalue weighted by Crippen LogP contribution is 2.27. The summed E-state index contributed by atoms with van der Waals surface area (Å²) in [6.45, 7) is 2.99. The van der Waals surface area contributed by atoms with Gasteiger partial charge in [-0.05, 0) is 42.5 Å². The van der Waals surface area contributed by atoms with Crippen molar-refractivity contribution in [3.63, 3.8) is 0 Å². The van der Waals surface area contributed by atoms with E-state index in [2.05, 4.69) is 5.32 Å². The van der Waals surface area contributed by atoms with E-state index in [0.29, 0.717) is 24.7 Å². The molecule has 1 N–H and O–H groups in total. The van der Waals surface area contributed by atoms with Crippen molar-refractivity contribution in [2.45, 2.75) is 24.7 Å². The number of carboxylic acids is 1. The van der Waals surface area contributed by atoms with E-state index in [9.17, 15) is 23.1 Å². The van der Waals surface area contributed by atoms with Gasteiger partial charge in [0.25, 0.3) is 5.91 Å². The first kappa shape index (κ1) is 19.5. The summed E-state index contributed by atoms with van der Waals surface area (Å²) in [5.74, 6) is -1.53. The fraction of sp³-hybridized carbons (Fsp3) is 0.333. The molecule has 1 aliphatic heterocycles. The van der Waals surface area contributed by atoms with Crippen molar-refractivity contribution in [1.29, 1.82) is 0 Å². The van der Waals surface area contributed by atoms with Gasteiger partial charge in [0.05, 0.1) is 15.7 Å². The van der Waals surface area contributed by atoms with Gasteiger partial charge in [0.2, 0.25) is 10.0 Å². The molecular weight excluding hydrogens is 388 g/mol. The molecule has 3 rings (SSSR count). The molecule has 0 bridgehead atoms. The number of carbonyl (C=O) groups excluding carboxylic acids is 2. The van der Waals surface area contributed by atoms with E-state index >= 15 is 0 Å². The quantitative estimate of drug-likeness (QED) is 0.813. The zero-order valence-electron chi connectivity index (χ0n) is 14.7. The second-order valence-corrected chi connectivity index (χ2v) is 9.43. The van der Waals surface area contributed by atoms with Crippen molar-refractivity contribution in [1.82, 2.24) is 4.31 Å². The van der Waals surface area contributed by atoms with E-state index < -0.39 is 21.9 Å². The highest BCUT2D eigenvalue weighted by molar-refractivity contribution is 7.89. The largest absolute Gasteiger partial charge is 0.545 e. The molecule has 2 aromatic rings. The number of amides is 1. The average molecular weight is 407 g/mol. The molecule has 1 aromatic carbocycles. The summed E-state index contributed by atoms with van der Waals surface area (Å²) in [5, 5.41) is 14.9. The molecule has 1 atom stereocenters. The summed E-state index contributed by atoms with van der Waals surface area (Å²) in [6.07, 6.45) is 1.83. The number of sulfonamides is 1. The molecule has 9 heteroatoms. The standard InChI is InChI=1S/C18H20N2O5S2/c1-12-4-3-7-20(10-12)27(24,25)15-9-16(26-11-15)17(21)19-14-6-2-5-13(8-14)18(22)23/h2,5-6,8-9,11-12H,3-4,7,10H2,1H3,(H,19,21)(H,22,23)/p-1/t12-/m1/s1. The lowest BCUT2D eigenvalue weighted by Gasteiger charge is -2.29. The third kappa shape index (κ3) is 4.37. The summed E-state index contributed by atoms with van der Waals surface area (Å²) in [5.41, 5.74) is 0.242. The number of piperidine rings is 1. The molecule has 144 valence electrons. The molecule has 7 nitrogen and oxygen atoms in total. The predicted molar refractivity (Wildman–Crippen MR) is 100 cm³/mol. The molecule has 1 amide bonds. The van der Waals surface area contributed by atoms with Gasteiger partial charge in [-0.25, -0.2) is 8.42 Å². The molecule has 0 unspecified atom stereocenters. The van der Waals surface area contributed by atoms with Gasteiger partial charge in [0.15, 0.2) is 0 Å². The maximum absolute atomic E-state index is 12.8. The van der Waals surface area contributed by atoms with Crippen molar-refractivity contribution in [3.8, 4) is 0 Å². The van der Waals surface area contributed by atoms with Crippen LogP contribution in [-0.4, -0.2) is 37.7 Å². The summed E-state index contributed by atoms with van der Waals surface area (Å²) in [6, 6.07) is 7.04. The number of hydrogen-bond donors (Lipinski definition) is 1. The van der Waals surface area contributed by atoms with Crippen molar-refractivity contribution in [2.75, 3.05) is 18.4 Å². The molecular formula is C18H19N2O5S2-. The van der Waals surface area contributed by atoms with Gasteiger partial charge in [-0.2, -0.15) is 4.31 Å². The van der Waals surface area contributed by atoms with Gasteiger partial charge in [-0.15, -0.1) is 11.3 Å². The number of nitrogens with one attached hydrogen (secondary N) is 1. The lowest BCUT2D eigenvalue weighted by atomic mass is 10.0. The highest BCUT2D eigenvalue weighted by atomic mass is 32.2. The molecule has 1 fully saturated rings. The first-order chi connectivity index (χ1) is 12.8. The summed E-state index contributed by atoms with van der Waals surface area (Å²) in [7, 11) is -3.62. The second kappa shape index (κ2) is 7.79. The Hall–Kier alpha value is -2.23. The third-order valence-electron chi connectivity index (χ3n) is 4.41. The molecule has 2 heterocycles. The minimum absolute atomic E-state index is 0.0542. The Balaban J connectivity index is 1.76. The second-order valence-electron chi connectivity index (χ2n) is 6.58. The van der Waals surface area contributed by atoms with E-state index in [-0.39, 0.29) is 15.3 Å². The van der Waals surface area contributed by atoms with Gasteiger partial charge < -0.3 is 15.2 Å². The molecule has 27 heavy (non-hydrogen) atoms. The van der Waals surface area contributed by atoms with E-state index in [1.807, 2.05) is 6.92 Å². The fourth-order valence-corrected chi connectivity index (χ4v) is 5.76. The smallest absolute Gasteiger partial charge is 0.265 e. The van der Waals surface area contributed by atoms with Crippen LogP contribution in [0.4, 0.5) is 5.69 Å². The third-order valence-corrected chi connectivity index (χ3v) is 7.33. The van der Waals surface area contributed by atoms with E-state index in [0.717, 1.165) is 24.2 Å². The van der Waals surface area contributed by atoms with Gasteiger partial charge >= 0.3 is 0 Å². The first-order valence-electron chi connectivity index (χ1n) is 8.49. The zero-order valence-corrected chi connectivity index (χ0v) is 16.3. The molecule has 1 saturated heterocycles. The number of rotatable bonds is 5. The Morgan fingerprint density at radius 1 is 1.30 bits per heavy atom. The lowest BCUT2D eigenvalue weighted by molar-refractivity contribution is -0.255. The minimum atomic E-state index is -3.62. The summed E-state index contributed by atoms with van der Waals surface area (Å²) in [4.78, 5) is 23.6. The number of hydrogen-bond acceptors (Lipinski definition) is 6. The molecule has 1 aliphatic rings. The predicted octanol–water partition coefficient (Wildman–Crippen LogP) is 1.78. The van der Waals surface area contributed by atoms with E-state index in [1.165, 1.54) is 34.0 Å². The number of carboxylic acid groups (broad SMARTS) is 1. The number of anilines is 1. The van der Waals surface area contributed by atoms with Crippen LogP contribution in [0.2, 0.25) is 0 Å². The summed E-state index contributed by atoms with van der Waals surface area (Å²) < 4.78 is 27.0. The van der Waals surface area contributed by atoms with Crippen molar-refractivity contribution < 1.29 is 23.1 Å². The lowest BCUT2D eigenvalue weighted by Crippen LogP contribution is -2.38. The van der Waals surface area contributed by atoms with Crippen LogP contribution in [0, 0.1) is 5.92 Å². The van der Waals surface area contributed by atoms with Crippen LogP contribution >= 0.6 is 11.3 Å². The van der Waals surface area contributed by atoms with Gasteiger partial charge in [-0.1, -0.05) is 19.1 Å². The van der Waals surface area contributed by atoms with Gasteiger partial charge in [0.1, 0.15) is 0 Å². The maximum atomic E-state index is 12.8. The van der Waals surface area contributed by atoms with Crippen LogP contribution in [0.1, 0.15) is 39.8 Å². The first-order valence-corrected chi connectivity index (χ1v) is 10.8. The average Bonchev–Trinajstić information content (AvgIpc) is 3.13. The number of thiophene rings is 1. The van der Waals surface area contributed by atoms with Crippen LogP contribution < -0.4 is 10.4 Å². The van der Waals surface area contributed by atoms with E-state index in [4.69, 9.17) is 0 Å². The highest BCUT2D eigenvalue weighted by Gasteiger charge is 2.30. The fourth-order valence-electron chi connectivity index (χ4n) is 3.00. The van der Waals surface area contributed by atoms with Crippen molar-refractivity contribution >= 4 is 38.9 Å². The molecule has 0 saturated carbocycles. The van der Waals surface area contributed by atoms with Crippen LogP contribution in [0.5, 0.6) is 0 Å². The topological polar surface area (TPSA) is 107 Å². The Bertz CT molecular complexity index is 968. The van der Waals surface area contributed by atoms with Crippen LogP contribution in [-0.2, 0) is 10.0 Å². The number of nitrogens with zero attached hydrogens (tertiary/aromatic N) is 1. The summed E-state index contributed by atoms with van der Waals surface area (Å²) >= 11 is 1.03. The minimum Gasteiger partial charge on any atom is -0.545 e. The number of benzene rings is 1.